The Balaban J connectivity index is 1.52. The largest absolute Gasteiger partial charge is 0.488 e. The molecule has 2 aromatic heterocycles. The van der Waals surface area contributed by atoms with Gasteiger partial charge in [0.25, 0.3) is 0 Å². The summed E-state index contributed by atoms with van der Waals surface area (Å²) in [5.74, 6) is 1.07. The van der Waals surface area contributed by atoms with Gasteiger partial charge in [-0.25, -0.2) is 4.98 Å². The average molecular weight is 511 g/mol. The summed E-state index contributed by atoms with van der Waals surface area (Å²) in [5, 5.41) is 8.98. The van der Waals surface area contributed by atoms with Gasteiger partial charge in [-0.15, -0.1) is 10.2 Å². The van der Waals surface area contributed by atoms with Crippen molar-refractivity contribution in [3.8, 4) is 17.1 Å². The zero-order valence-corrected chi connectivity index (χ0v) is 20.8. The number of likely N-dealkylation sites (N-methyl/N-ethyl adjacent to an activating group) is 2. The van der Waals surface area contributed by atoms with Crippen molar-refractivity contribution >= 4 is 11.5 Å². The molecule has 2 aromatic carbocycles. The van der Waals surface area contributed by atoms with Gasteiger partial charge in [0.2, 0.25) is 0 Å². The van der Waals surface area contributed by atoms with E-state index in [1.807, 2.05) is 37.4 Å². The van der Waals surface area contributed by atoms with Crippen LogP contribution in [0.5, 0.6) is 5.75 Å². The molecule has 3 heterocycles. The van der Waals surface area contributed by atoms with Crippen LogP contribution in [-0.4, -0.2) is 57.2 Å². The van der Waals surface area contributed by atoms with Crippen molar-refractivity contribution in [1.29, 1.82) is 0 Å². The van der Waals surface area contributed by atoms with Gasteiger partial charge in [0.05, 0.1) is 11.1 Å². The highest BCUT2D eigenvalue weighted by Crippen LogP contribution is 2.37. The van der Waals surface area contributed by atoms with Crippen LogP contribution in [-0.2, 0) is 12.8 Å². The standard InChI is InChI=1S/C27H29F3N6O/c1-3-35-14-7-10-21(17-35)34(2)26-25-31-13-15-36(25)24(32-33-26)22-12-11-20(27(28,29)30)16-23(22)37-18-19-8-5-4-6-9-19/h4-6,8-9,11-13,15-16,21H,3,7,10,14,17-18H2,1-2H3. The summed E-state index contributed by atoms with van der Waals surface area (Å²) in [4.78, 5) is 9.05. The maximum Gasteiger partial charge on any atom is 0.416 e. The summed E-state index contributed by atoms with van der Waals surface area (Å²) in [6, 6.07) is 13.0. The van der Waals surface area contributed by atoms with Crippen LogP contribution in [0.1, 0.15) is 30.9 Å². The second-order valence-electron chi connectivity index (χ2n) is 9.25. The second-order valence-corrected chi connectivity index (χ2v) is 9.25. The molecule has 1 atom stereocenters. The van der Waals surface area contributed by atoms with E-state index in [1.54, 1.807) is 16.8 Å². The number of benzene rings is 2. The molecule has 10 heteroatoms. The van der Waals surface area contributed by atoms with Crippen LogP contribution in [0.2, 0.25) is 0 Å². The van der Waals surface area contributed by atoms with Crippen molar-refractivity contribution in [3.05, 3.63) is 72.1 Å². The molecular formula is C27H29F3N6O. The Kier molecular flexibility index (Phi) is 7.01. The number of aromatic nitrogens is 4. The molecule has 194 valence electrons. The SMILES string of the molecule is CCN1CCCC(N(C)c2nnc(-c3ccc(C(F)(F)F)cc3OCc3ccccc3)n3ccnc23)C1. The summed E-state index contributed by atoms with van der Waals surface area (Å²) in [6.07, 6.45) is 1.03. The van der Waals surface area contributed by atoms with Crippen LogP contribution in [0.15, 0.2) is 60.9 Å². The van der Waals surface area contributed by atoms with Crippen LogP contribution in [0.4, 0.5) is 19.0 Å². The molecule has 1 unspecified atom stereocenters. The number of alkyl halides is 3. The van der Waals surface area contributed by atoms with Crippen molar-refractivity contribution in [1.82, 2.24) is 24.5 Å². The van der Waals surface area contributed by atoms with Crippen LogP contribution in [0, 0.1) is 0 Å². The summed E-state index contributed by atoms with van der Waals surface area (Å²) in [7, 11) is 1.99. The molecule has 0 bridgehead atoms. The average Bonchev–Trinajstić information content (AvgIpc) is 3.41. The quantitative estimate of drug-likeness (QED) is 0.336. The molecule has 0 aliphatic carbocycles. The van der Waals surface area contributed by atoms with Gasteiger partial charge < -0.3 is 14.5 Å². The molecule has 0 amide bonds. The third-order valence-electron chi connectivity index (χ3n) is 6.91. The predicted molar refractivity (Wildman–Crippen MR) is 136 cm³/mol. The molecule has 4 aromatic rings. The molecule has 1 aliphatic heterocycles. The van der Waals surface area contributed by atoms with Crippen molar-refractivity contribution in [2.75, 3.05) is 31.6 Å². The van der Waals surface area contributed by atoms with E-state index in [9.17, 15) is 13.2 Å². The lowest BCUT2D eigenvalue weighted by Gasteiger charge is -2.37. The number of nitrogens with zero attached hydrogens (tertiary/aromatic N) is 6. The summed E-state index contributed by atoms with van der Waals surface area (Å²) in [5.41, 5.74) is 1.05. The number of hydrogen-bond acceptors (Lipinski definition) is 6. The number of rotatable bonds is 7. The fraction of sp³-hybridized carbons (Fsp3) is 0.370. The Morgan fingerprint density at radius 3 is 2.68 bits per heavy atom. The van der Waals surface area contributed by atoms with E-state index in [0.717, 1.165) is 50.2 Å². The van der Waals surface area contributed by atoms with E-state index in [0.29, 0.717) is 22.9 Å². The summed E-state index contributed by atoms with van der Waals surface area (Å²) in [6.45, 7) is 5.29. The monoisotopic (exact) mass is 510 g/mol. The van der Waals surface area contributed by atoms with Crippen molar-refractivity contribution in [3.63, 3.8) is 0 Å². The molecule has 0 spiro atoms. The van der Waals surface area contributed by atoms with Gasteiger partial charge in [-0.05, 0) is 49.7 Å². The number of ether oxygens (including phenoxy) is 1. The van der Waals surface area contributed by atoms with Gasteiger partial charge >= 0.3 is 6.18 Å². The zero-order chi connectivity index (χ0) is 26.0. The molecular weight excluding hydrogens is 481 g/mol. The number of likely N-dealkylation sites (tertiary alicyclic amines) is 1. The minimum Gasteiger partial charge on any atom is -0.488 e. The Bertz CT molecular complexity index is 1360. The smallest absolute Gasteiger partial charge is 0.416 e. The maximum atomic E-state index is 13.5. The van der Waals surface area contributed by atoms with E-state index < -0.39 is 11.7 Å². The normalized spacial score (nSPS) is 16.7. The molecule has 1 aliphatic rings. The molecule has 1 saturated heterocycles. The lowest BCUT2D eigenvalue weighted by Crippen LogP contribution is -2.46. The van der Waals surface area contributed by atoms with Crippen LogP contribution in [0.25, 0.3) is 17.0 Å². The summed E-state index contributed by atoms with van der Waals surface area (Å²) < 4.78 is 48.3. The first kappa shape index (κ1) is 25.0. The first-order chi connectivity index (χ1) is 17.8. The molecule has 0 saturated carbocycles. The van der Waals surface area contributed by atoms with Crippen molar-refractivity contribution in [2.24, 2.45) is 0 Å². The van der Waals surface area contributed by atoms with E-state index in [-0.39, 0.29) is 18.4 Å². The Morgan fingerprint density at radius 1 is 1.11 bits per heavy atom. The number of hydrogen-bond donors (Lipinski definition) is 0. The fourth-order valence-electron chi connectivity index (χ4n) is 4.78. The fourth-order valence-corrected chi connectivity index (χ4v) is 4.78. The highest BCUT2D eigenvalue weighted by molar-refractivity contribution is 5.72. The highest BCUT2D eigenvalue weighted by atomic mass is 19.4. The van der Waals surface area contributed by atoms with Gasteiger partial charge in [-0.2, -0.15) is 13.2 Å². The molecule has 7 nitrogen and oxygen atoms in total. The lowest BCUT2D eigenvalue weighted by atomic mass is 10.0. The Morgan fingerprint density at radius 2 is 1.92 bits per heavy atom. The van der Waals surface area contributed by atoms with Crippen molar-refractivity contribution < 1.29 is 17.9 Å². The van der Waals surface area contributed by atoms with Crippen LogP contribution >= 0.6 is 0 Å². The third-order valence-corrected chi connectivity index (χ3v) is 6.91. The number of imidazole rings is 1. The highest BCUT2D eigenvalue weighted by Gasteiger charge is 2.32. The first-order valence-corrected chi connectivity index (χ1v) is 12.4. The topological polar surface area (TPSA) is 58.8 Å². The second kappa shape index (κ2) is 10.4. The molecule has 1 fully saturated rings. The molecule has 0 N–H and O–H groups in total. The molecule has 5 rings (SSSR count). The number of halogens is 3. The van der Waals surface area contributed by atoms with Gasteiger partial charge in [-0.1, -0.05) is 37.3 Å². The van der Waals surface area contributed by atoms with Crippen molar-refractivity contribution in [2.45, 2.75) is 38.6 Å². The molecule has 0 radical (unpaired) electrons. The minimum absolute atomic E-state index is 0.0787. The van der Waals surface area contributed by atoms with Gasteiger partial charge in [0.15, 0.2) is 17.3 Å². The van der Waals surface area contributed by atoms with E-state index >= 15 is 0 Å². The van der Waals surface area contributed by atoms with E-state index in [1.165, 1.54) is 6.07 Å². The van der Waals surface area contributed by atoms with E-state index in [4.69, 9.17) is 4.74 Å². The summed E-state index contributed by atoms with van der Waals surface area (Å²) >= 11 is 0. The predicted octanol–water partition coefficient (Wildman–Crippen LogP) is 5.31. The lowest BCUT2D eigenvalue weighted by molar-refractivity contribution is -0.137. The maximum absolute atomic E-state index is 13.5. The van der Waals surface area contributed by atoms with Gasteiger partial charge in [0, 0.05) is 32.0 Å². The van der Waals surface area contributed by atoms with Crippen LogP contribution < -0.4 is 9.64 Å². The number of anilines is 1. The van der Waals surface area contributed by atoms with Crippen LogP contribution in [0.3, 0.4) is 0 Å². The van der Waals surface area contributed by atoms with E-state index in [2.05, 4.69) is 31.9 Å². The Hall–Kier alpha value is -3.66. The Labute approximate surface area is 213 Å². The zero-order valence-electron chi connectivity index (χ0n) is 20.8. The minimum atomic E-state index is -4.50. The first-order valence-electron chi connectivity index (χ1n) is 12.4. The van der Waals surface area contributed by atoms with Gasteiger partial charge in [-0.3, -0.25) is 4.40 Å². The number of fused-ring (bicyclic) bond motifs is 1. The number of piperidine rings is 1. The van der Waals surface area contributed by atoms with Gasteiger partial charge in [0.1, 0.15) is 12.4 Å². The molecule has 37 heavy (non-hydrogen) atoms. The third kappa shape index (κ3) is 5.24.